The first kappa shape index (κ1) is 15.6. The number of ketones is 1. The highest BCUT2D eigenvalue weighted by Gasteiger charge is 2.27. The average molecular weight is 313 g/mol. The molecular formula is C17H19N3O3. The van der Waals surface area contributed by atoms with Gasteiger partial charge in [0.05, 0.1) is 23.0 Å². The molecule has 1 aromatic carbocycles. The predicted octanol–water partition coefficient (Wildman–Crippen LogP) is 1.07. The van der Waals surface area contributed by atoms with Crippen LogP contribution in [0.15, 0.2) is 23.0 Å². The highest BCUT2D eigenvalue weighted by Crippen LogP contribution is 2.21. The van der Waals surface area contributed by atoms with E-state index in [0.29, 0.717) is 42.4 Å². The van der Waals surface area contributed by atoms with Gasteiger partial charge in [-0.25, -0.2) is 4.98 Å². The van der Waals surface area contributed by atoms with Crippen LogP contribution in [0.4, 0.5) is 0 Å². The van der Waals surface area contributed by atoms with Gasteiger partial charge in [0, 0.05) is 6.54 Å². The van der Waals surface area contributed by atoms with Crippen LogP contribution in [0.2, 0.25) is 0 Å². The molecule has 6 heteroatoms. The van der Waals surface area contributed by atoms with E-state index in [4.69, 9.17) is 0 Å². The number of fused-ring (bicyclic) bond motifs is 1. The monoisotopic (exact) mass is 313 g/mol. The number of benzene rings is 1. The van der Waals surface area contributed by atoms with Crippen molar-refractivity contribution in [2.75, 3.05) is 6.54 Å². The Morgan fingerprint density at radius 3 is 2.78 bits per heavy atom. The number of hydrogen-bond acceptors (Lipinski definition) is 5. The largest absolute Gasteiger partial charge is 0.305 e. The lowest BCUT2D eigenvalue weighted by Crippen LogP contribution is -2.47. The van der Waals surface area contributed by atoms with Crippen molar-refractivity contribution in [1.82, 2.24) is 14.9 Å². The van der Waals surface area contributed by atoms with E-state index in [9.17, 15) is 14.4 Å². The van der Waals surface area contributed by atoms with Crippen molar-refractivity contribution in [3.8, 4) is 0 Å². The maximum Gasteiger partial charge on any atom is 0.261 e. The Bertz CT molecular complexity index is 833. The molecule has 1 fully saturated rings. The highest BCUT2D eigenvalue weighted by atomic mass is 16.2. The molecule has 1 N–H and O–H groups in total. The Morgan fingerprint density at radius 1 is 1.35 bits per heavy atom. The number of hydrogen-bond donors (Lipinski definition) is 1. The molecule has 23 heavy (non-hydrogen) atoms. The SMILES string of the molecule is Cc1ccc2nc(C)n(C3CCC(C(=O)C=O)NC3)c(=O)c2c1. The lowest BCUT2D eigenvalue weighted by Gasteiger charge is -2.30. The number of aromatic nitrogens is 2. The van der Waals surface area contributed by atoms with Crippen LogP contribution in [-0.4, -0.2) is 34.2 Å². The van der Waals surface area contributed by atoms with E-state index in [1.54, 1.807) is 4.57 Å². The second-order valence-corrected chi connectivity index (χ2v) is 6.07. The minimum Gasteiger partial charge on any atom is -0.305 e. The molecule has 0 radical (unpaired) electrons. The molecular weight excluding hydrogens is 294 g/mol. The topological polar surface area (TPSA) is 81.1 Å². The maximum absolute atomic E-state index is 12.8. The van der Waals surface area contributed by atoms with E-state index in [0.717, 1.165) is 5.56 Å². The van der Waals surface area contributed by atoms with E-state index in [1.165, 1.54) is 0 Å². The predicted molar refractivity (Wildman–Crippen MR) is 86.6 cm³/mol. The minimum atomic E-state index is -0.435. The van der Waals surface area contributed by atoms with Crippen LogP contribution >= 0.6 is 0 Å². The van der Waals surface area contributed by atoms with Crippen molar-refractivity contribution in [3.63, 3.8) is 0 Å². The standard InChI is InChI=1S/C17H19N3O3/c1-10-3-5-14-13(7-10)17(23)20(11(2)19-14)12-4-6-15(18-8-12)16(22)9-21/h3,5,7,9,12,15,18H,4,6,8H2,1-2H3. The summed E-state index contributed by atoms with van der Waals surface area (Å²) in [4.78, 5) is 39.4. The van der Waals surface area contributed by atoms with Crippen LogP contribution in [-0.2, 0) is 9.59 Å². The molecule has 0 saturated carbocycles. The molecule has 0 aliphatic carbocycles. The molecule has 6 nitrogen and oxygen atoms in total. The number of piperidine rings is 1. The third kappa shape index (κ3) is 2.82. The van der Waals surface area contributed by atoms with Crippen LogP contribution < -0.4 is 10.9 Å². The van der Waals surface area contributed by atoms with Gasteiger partial charge in [0.25, 0.3) is 5.56 Å². The molecule has 2 heterocycles. The molecule has 3 rings (SSSR count). The Kier molecular flexibility index (Phi) is 4.09. The zero-order chi connectivity index (χ0) is 16.6. The fourth-order valence-corrected chi connectivity index (χ4v) is 3.24. The van der Waals surface area contributed by atoms with Gasteiger partial charge in [0.2, 0.25) is 5.78 Å². The number of carbonyl (C=O) groups is 2. The number of aryl methyl sites for hydroxylation is 2. The molecule has 1 aliphatic heterocycles. The van der Waals surface area contributed by atoms with E-state index in [-0.39, 0.29) is 11.6 Å². The summed E-state index contributed by atoms with van der Waals surface area (Å²) in [5, 5.41) is 3.68. The fraction of sp³-hybridized carbons (Fsp3) is 0.412. The molecule has 120 valence electrons. The van der Waals surface area contributed by atoms with E-state index in [1.807, 2.05) is 32.0 Å². The van der Waals surface area contributed by atoms with Crippen LogP contribution in [0.25, 0.3) is 10.9 Å². The van der Waals surface area contributed by atoms with Crippen molar-refractivity contribution in [1.29, 1.82) is 0 Å². The third-order valence-electron chi connectivity index (χ3n) is 4.45. The van der Waals surface area contributed by atoms with Crippen molar-refractivity contribution in [2.45, 2.75) is 38.8 Å². The molecule has 0 spiro atoms. The molecule has 1 aliphatic rings. The summed E-state index contributed by atoms with van der Waals surface area (Å²) in [5.41, 5.74) is 1.67. The van der Waals surface area contributed by atoms with Crippen molar-refractivity contribution in [2.24, 2.45) is 0 Å². The fourth-order valence-electron chi connectivity index (χ4n) is 3.24. The number of carbonyl (C=O) groups excluding carboxylic acids is 2. The summed E-state index contributed by atoms with van der Waals surface area (Å²) >= 11 is 0. The van der Waals surface area contributed by atoms with Gasteiger partial charge in [-0.2, -0.15) is 0 Å². The van der Waals surface area contributed by atoms with E-state index >= 15 is 0 Å². The third-order valence-corrected chi connectivity index (χ3v) is 4.45. The number of nitrogens with zero attached hydrogens (tertiary/aromatic N) is 2. The number of aldehydes is 1. The van der Waals surface area contributed by atoms with E-state index in [2.05, 4.69) is 10.3 Å². The van der Waals surface area contributed by atoms with Crippen LogP contribution in [0.5, 0.6) is 0 Å². The first-order valence-corrected chi connectivity index (χ1v) is 7.73. The molecule has 2 aromatic rings. The average Bonchev–Trinajstić information content (AvgIpc) is 2.55. The van der Waals surface area contributed by atoms with Gasteiger partial charge in [-0.15, -0.1) is 0 Å². The number of Topliss-reactive ketones (excluding diaryl/α,β-unsaturated/α-hetero) is 1. The molecule has 2 unspecified atom stereocenters. The van der Waals surface area contributed by atoms with Gasteiger partial charge < -0.3 is 5.32 Å². The van der Waals surface area contributed by atoms with Crippen molar-refractivity contribution < 1.29 is 9.59 Å². The maximum atomic E-state index is 12.8. The lowest BCUT2D eigenvalue weighted by atomic mass is 9.97. The first-order valence-electron chi connectivity index (χ1n) is 7.73. The number of rotatable bonds is 3. The summed E-state index contributed by atoms with van der Waals surface area (Å²) in [5.74, 6) is 0.234. The normalized spacial score (nSPS) is 21.3. The minimum absolute atomic E-state index is 0.0526. The highest BCUT2D eigenvalue weighted by molar-refractivity contribution is 6.27. The number of nitrogens with one attached hydrogen (secondary N) is 1. The van der Waals surface area contributed by atoms with Gasteiger partial charge in [-0.05, 0) is 38.8 Å². The Labute approximate surface area is 133 Å². The molecule has 1 saturated heterocycles. The molecule has 1 aromatic heterocycles. The van der Waals surface area contributed by atoms with E-state index < -0.39 is 11.8 Å². The summed E-state index contributed by atoms with van der Waals surface area (Å²) in [6.07, 6.45) is 1.56. The second-order valence-electron chi connectivity index (χ2n) is 6.07. The van der Waals surface area contributed by atoms with Gasteiger partial charge in [-0.1, -0.05) is 11.6 Å². The zero-order valence-corrected chi connectivity index (χ0v) is 13.2. The second kappa shape index (κ2) is 6.04. The first-order chi connectivity index (χ1) is 11.0. The van der Waals surface area contributed by atoms with Crippen molar-refractivity contribution in [3.05, 3.63) is 39.9 Å². The van der Waals surface area contributed by atoms with Crippen LogP contribution in [0.1, 0.15) is 30.3 Å². The summed E-state index contributed by atoms with van der Waals surface area (Å²) in [6, 6.07) is 5.17. The van der Waals surface area contributed by atoms with Gasteiger partial charge in [0.15, 0.2) is 6.29 Å². The lowest BCUT2D eigenvalue weighted by molar-refractivity contribution is -0.131. The van der Waals surface area contributed by atoms with Crippen molar-refractivity contribution >= 4 is 23.0 Å². The van der Waals surface area contributed by atoms with Gasteiger partial charge >= 0.3 is 0 Å². The molecule has 0 bridgehead atoms. The van der Waals surface area contributed by atoms with Crippen LogP contribution in [0, 0.1) is 13.8 Å². The Hall–Kier alpha value is -2.34. The summed E-state index contributed by atoms with van der Waals surface area (Å²) in [7, 11) is 0. The van der Waals surface area contributed by atoms with Crippen LogP contribution in [0.3, 0.4) is 0 Å². The quantitative estimate of drug-likeness (QED) is 0.677. The molecule has 2 atom stereocenters. The Balaban J connectivity index is 1.96. The Morgan fingerprint density at radius 2 is 2.13 bits per heavy atom. The zero-order valence-electron chi connectivity index (χ0n) is 13.2. The van der Waals surface area contributed by atoms with Gasteiger partial charge in [-0.3, -0.25) is 19.0 Å². The summed E-state index contributed by atoms with van der Waals surface area (Å²) < 4.78 is 1.70. The molecule has 0 amide bonds. The smallest absolute Gasteiger partial charge is 0.261 e. The summed E-state index contributed by atoms with van der Waals surface area (Å²) in [6.45, 7) is 4.24. The van der Waals surface area contributed by atoms with Gasteiger partial charge in [0.1, 0.15) is 5.82 Å².